The standard InChI is InChI=1S/C18H25FN4O4S/c1-18(2)17(25)20-7-8-22(18)13-16(24)21-9-11-23(12-10-21)28(26,27)15-5-3-14(19)4-6-15/h3-6H,7-13H2,1-2H3,(H,20,25). The zero-order chi connectivity index (χ0) is 20.5. The maximum Gasteiger partial charge on any atom is 0.243 e. The van der Waals surface area contributed by atoms with Gasteiger partial charge in [-0.3, -0.25) is 14.5 Å². The van der Waals surface area contributed by atoms with E-state index in [2.05, 4.69) is 5.32 Å². The molecule has 2 amide bonds. The number of piperazine rings is 2. The highest BCUT2D eigenvalue weighted by Crippen LogP contribution is 2.20. The minimum absolute atomic E-state index is 0.0368. The lowest BCUT2D eigenvalue weighted by Crippen LogP contribution is -2.64. The van der Waals surface area contributed by atoms with E-state index in [0.717, 1.165) is 12.1 Å². The third-order valence-corrected chi connectivity index (χ3v) is 7.30. The fourth-order valence-corrected chi connectivity index (χ4v) is 4.84. The number of sulfonamides is 1. The van der Waals surface area contributed by atoms with Gasteiger partial charge < -0.3 is 10.2 Å². The molecule has 0 aliphatic carbocycles. The van der Waals surface area contributed by atoms with Crippen LogP contribution in [0.5, 0.6) is 0 Å². The second kappa shape index (κ2) is 7.76. The van der Waals surface area contributed by atoms with Gasteiger partial charge in [0.15, 0.2) is 0 Å². The summed E-state index contributed by atoms with van der Waals surface area (Å²) in [6.45, 7) is 5.67. The first-order valence-electron chi connectivity index (χ1n) is 9.19. The molecule has 28 heavy (non-hydrogen) atoms. The summed E-state index contributed by atoms with van der Waals surface area (Å²) in [7, 11) is -3.72. The van der Waals surface area contributed by atoms with Crippen molar-refractivity contribution in [2.75, 3.05) is 45.8 Å². The van der Waals surface area contributed by atoms with Crippen LogP contribution in [-0.4, -0.2) is 85.7 Å². The molecule has 2 aliphatic heterocycles. The maximum absolute atomic E-state index is 13.0. The molecular weight excluding hydrogens is 387 g/mol. The smallest absolute Gasteiger partial charge is 0.243 e. The number of nitrogens with zero attached hydrogens (tertiary/aromatic N) is 3. The van der Waals surface area contributed by atoms with Crippen LogP contribution in [0.15, 0.2) is 29.2 Å². The molecule has 0 aromatic heterocycles. The molecule has 1 aromatic rings. The van der Waals surface area contributed by atoms with Crippen LogP contribution in [0.25, 0.3) is 0 Å². The lowest BCUT2D eigenvalue weighted by atomic mass is 9.99. The molecule has 2 saturated heterocycles. The lowest BCUT2D eigenvalue weighted by Gasteiger charge is -2.42. The summed E-state index contributed by atoms with van der Waals surface area (Å²) in [6.07, 6.45) is 0. The van der Waals surface area contributed by atoms with E-state index in [1.807, 2.05) is 4.90 Å². The Hall–Kier alpha value is -2.04. The molecule has 3 rings (SSSR count). The highest BCUT2D eigenvalue weighted by Gasteiger charge is 2.39. The van der Waals surface area contributed by atoms with Gasteiger partial charge in [0.25, 0.3) is 0 Å². The summed E-state index contributed by atoms with van der Waals surface area (Å²) < 4.78 is 39.7. The predicted octanol–water partition coefficient (Wildman–Crippen LogP) is -0.131. The van der Waals surface area contributed by atoms with E-state index in [9.17, 15) is 22.4 Å². The van der Waals surface area contributed by atoms with E-state index in [4.69, 9.17) is 0 Å². The number of carbonyl (C=O) groups excluding carboxylic acids is 2. The maximum atomic E-state index is 13.0. The quantitative estimate of drug-likeness (QED) is 0.744. The molecule has 1 N–H and O–H groups in total. The molecule has 2 fully saturated rings. The summed E-state index contributed by atoms with van der Waals surface area (Å²) in [4.78, 5) is 28.2. The Kier molecular flexibility index (Phi) is 5.74. The van der Waals surface area contributed by atoms with Gasteiger partial charge in [-0.2, -0.15) is 4.31 Å². The van der Waals surface area contributed by atoms with Crippen molar-refractivity contribution < 1.29 is 22.4 Å². The molecule has 2 aliphatic rings. The lowest BCUT2D eigenvalue weighted by molar-refractivity contribution is -0.141. The molecule has 8 nitrogen and oxygen atoms in total. The topological polar surface area (TPSA) is 90.0 Å². The number of hydrogen-bond acceptors (Lipinski definition) is 5. The predicted molar refractivity (Wildman–Crippen MR) is 100 cm³/mol. The van der Waals surface area contributed by atoms with E-state index in [-0.39, 0.29) is 49.4 Å². The largest absolute Gasteiger partial charge is 0.353 e. The molecule has 1 aromatic carbocycles. The third-order valence-electron chi connectivity index (χ3n) is 5.38. The Balaban J connectivity index is 1.59. The monoisotopic (exact) mass is 412 g/mol. The van der Waals surface area contributed by atoms with Gasteiger partial charge in [-0.1, -0.05) is 0 Å². The van der Waals surface area contributed by atoms with Crippen molar-refractivity contribution in [3.63, 3.8) is 0 Å². The van der Waals surface area contributed by atoms with Gasteiger partial charge >= 0.3 is 0 Å². The van der Waals surface area contributed by atoms with Crippen LogP contribution in [0.2, 0.25) is 0 Å². The van der Waals surface area contributed by atoms with Crippen LogP contribution in [0.4, 0.5) is 4.39 Å². The molecule has 0 saturated carbocycles. The van der Waals surface area contributed by atoms with E-state index in [0.29, 0.717) is 13.1 Å². The molecule has 2 heterocycles. The third kappa shape index (κ3) is 4.03. The van der Waals surface area contributed by atoms with Crippen molar-refractivity contribution in [1.82, 2.24) is 19.4 Å². The average molecular weight is 412 g/mol. The van der Waals surface area contributed by atoms with Crippen LogP contribution < -0.4 is 5.32 Å². The van der Waals surface area contributed by atoms with Crippen LogP contribution in [-0.2, 0) is 19.6 Å². The molecule has 10 heteroatoms. The minimum atomic E-state index is -3.72. The normalized spacial score (nSPS) is 21.4. The second-order valence-electron chi connectivity index (χ2n) is 7.48. The summed E-state index contributed by atoms with van der Waals surface area (Å²) >= 11 is 0. The number of benzene rings is 1. The Morgan fingerprint density at radius 1 is 1.11 bits per heavy atom. The fraction of sp³-hybridized carbons (Fsp3) is 0.556. The van der Waals surface area contributed by atoms with Gasteiger partial charge in [-0.05, 0) is 38.1 Å². The van der Waals surface area contributed by atoms with Crippen LogP contribution in [0, 0.1) is 5.82 Å². The Labute approximate surface area is 164 Å². The van der Waals surface area contributed by atoms with Gasteiger partial charge in [0.05, 0.1) is 17.0 Å². The molecule has 0 spiro atoms. The van der Waals surface area contributed by atoms with Gasteiger partial charge in [-0.25, -0.2) is 12.8 Å². The van der Waals surface area contributed by atoms with Crippen LogP contribution >= 0.6 is 0 Å². The van der Waals surface area contributed by atoms with E-state index >= 15 is 0 Å². The second-order valence-corrected chi connectivity index (χ2v) is 9.41. The first kappa shape index (κ1) is 20.7. The molecule has 154 valence electrons. The molecular formula is C18H25FN4O4S. The number of halogens is 1. The SMILES string of the molecule is CC1(C)C(=O)NCCN1CC(=O)N1CCN(S(=O)(=O)c2ccc(F)cc2)CC1. The first-order chi connectivity index (χ1) is 13.1. The van der Waals surface area contributed by atoms with Crippen molar-refractivity contribution in [2.45, 2.75) is 24.3 Å². The van der Waals surface area contributed by atoms with Gasteiger partial charge in [0.2, 0.25) is 21.8 Å². The Morgan fingerprint density at radius 2 is 1.71 bits per heavy atom. The highest BCUT2D eigenvalue weighted by atomic mass is 32.2. The highest BCUT2D eigenvalue weighted by molar-refractivity contribution is 7.89. The van der Waals surface area contributed by atoms with E-state index in [1.165, 1.54) is 16.4 Å². The van der Waals surface area contributed by atoms with Gasteiger partial charge in [0, 0.05) is 39.3 Å². The van der Waals surface area contributed by atoms with E-state index in [1.54, 1.807) is 18.7 Å². The molecule has 0 unspecified atom stereocenters. The fourth-order valence-electron chi connectivity index (χ4n) is 3.42. The minimum Gasteiger partial charge on any atom is -0.353 e. The van der Waals surface area contributed by atoms with Crippen molar-refractivity contribution >= 4 is 21.8 Å². The number of hydrogen-bond donors (Lipinski definition) is 1. The Bertz CT molecular complexity index is 849. The first-order valence-corrected chi connectivity index (χ1v) is 10.6. The summed E-state index contributed by atoms with van der Waals surface area (Å²) in [5.74, 6) is -0.730. The number of nitrogens with one attached hydrogen (secondary N) is 1. The summed E-state index contributed by atoms with van der Waals surface area (Å²) in [5.41, 5.74) is -0.762. The Morgan fingerprint density at radius 3 is 2.32 bits per heavy atom. The zero-order valence-corrected chi connectivity index (χ0v) is 16.8. The molecule has 0 bridgehead atoms. The van der Waals surface area contributed by atoms with E-state index < -0.39 is 21.4 Å². The molecule has 0 atom stereocenters. The van der Waals surface area contributed by atoms with Crippen molar-refractivity contribution in [3.05, 3.63) is 30.1 Å². The van der Waals surface area contributed by atoms with Crippen molar-refractivity contribution in [2.24, 2.45) is 0 Å². The zero-order valence-electron chi connectivity index (χ0n) is 16.0. The van der Waals surface area contributed by atoms with Gasteiger partial charge in [0.1, 0.15) is 5.82 Å². The van der Waals surface area contributed by atoms with Crippen molar-refractivity contribution in [1.29, 1.82) is 0 Å². The number of carbonyl (C=O) groups is 2. The van der Waals surface area contributed by atoms with Crippen LogP contribution in [0.3, 0.4) is 0 Å². The summed E-state index contributed by atoms with van der Waals surface area (Å²) in [5, 5.41) is 2.79. The molecule has 0 radical (unpaired) electrons. The number of amides is 2. The van der Waals surface area contributed by atoms with Crippen LogP contribution in [0.1, 0.15) is 13.8 Å². The number of rotatable bonds is 4. The average Bonchev–Trinajstić information content (AvgIpc) is 2.66. The van der Waals surface area contributed by atoms with Gasteiger partial charge in [-0.15, -0.1) is 0 Å². The summed E-state index contributed by atoms with van der Waals surface area (Å²) in [6, 6.07) is 4.71. The van der Waals surface area contributed by atoms with Crippen molar-refractivity contribution in [3.8, 4) is 0 Å².